The lowest BCUT2D eigenvalue weighted by atomic mass is 10.3. The molecule has 19 heavy (non-hydrogen) atoms. The van der Waals surface area contributed by atoms with Gasteiger partial charge in [0.15, 0.2) is 5.82 Å². The van der Waals surface area contributed by atoms with Gasteiger partial charge in [-0.05, 0) is 13.0 Å². The first-order valence-electron chi connectivity index (χ1n) is 6.20. The molecule has 0 bridgehead atoms. The molecule has 1 unspecified atom stereocenters. The maximum absolute atomic E-state index is 11.4. The van der Waals surface area contributed by atoms with E-state index in [4.69, 9.17) is 4.74 Å². The van der Waals surface area contributed by atoms with Crippen LogP contribution in [0.4, 0.5) is 10.6 Å². The first kappa shape index (κ1) is 13.5. The van der Waals surface area contributed by atoms with Crippen LogP contribution < -0.4 is 4.90 Å². The van der Waals surface area contributed by atoms with Crippen molar-refractivity contribution in [3.05, 3.63) is 18.1 Å². The van der Waals surface area contributed by atoms with E-state index in [1.807, 2.05) is 0 Å². The summed E-state index contributed by atoms with van der Waals surface area (Å²) in [5, 5.41) is 9.48. The smallest absolute Gasteiger partial charge is 0.409 e. The van der Waals surface area contributed by atoms with Gasteiger partial charge in [-0.1, -0.05) is 0 Å². The standard InChI is InChI=1S/C12H18N4O3/c1-9(17)11-13-4-3-10(14-11)15-5-7-16(8-6-15)12(18)19-2/h3-4,9,17H,5-8H2,1-2H3. The van der Waals surface area contributed by atoms with Crippen LogP contribution in [0.1, 0.15) is 18.9 Å². The topological polar surface area (TPSA) is 78.8 Å². The molecule has 7 heteroatoms. The minimum Gasteiger partial charge on any atom is -0.453 e. The molecule has 0 aliphatic carbocycles. The summed E-state index contributed by atoms with van der Waals surface area (Å²) < 4.78 is 4.69. The first-order valence-corrected chi connectivity index (χ1v) is 6.20. The Kier molecular flexibility index (Phi) is 4.16. The van der Waals surface area contributed by atoms with E-state index in [0.717, 1.165) is 5.82 Å². The zero-order valence-corrected chi connectivity index (χ0v) is 11.1. The number of methoxy groups -OCH3 is 1. The van der Waals surface area contributed by atoms with Crippen LogP contribution in [0, 0.1) is 0 Å². The quantitative estimate of drug-likeness (QED) is 0.835. The summed E-state index contributed by atoms with van der Waals surface area (Å²) in [5.41, 5.74) is 0. The lowest BCUT2D eigenvalue weighted by Crippen LogP contribution is -2.49. The third kappa shape index (κ3) is 3.11. The fourth-order valence-corrected chi connectivity index (χ4v) is 1.99. The number of carbonyl (C=O) groups excluding carboxylic acids is 1. The van der Waals surface area contributed by atoms with Crippen molar-refractivity contribution >= 4 is 11.9 Å². The Morgan fingerprint density at radius 3 is 2.68 bits per heavy atom. The Morgan fingerprint density at radius 1 is 1.42 bits per heavy atom. The lowest BCUT2D eigenvalue weighted by Gasteiger charge is -2.34. The van der Waals surface area contributed by atoms with Crippen LogP contribution in [0.3, 0.4) is 0 Å². The van der Waals surface area contributed by atoms with Crippen LogP contribution in [0.25, 0.3) is 0 Å². The molecular weight excluding hydrogens is 248 g/mol. The fraction of sp³-hybridized carbons (Fsp3) is 0.583. The van der Waals surface area contributed by atoms with Gasteiger partial charge in [0.05, 0.1) is 7.11 Å². The summed E-state index contributed by atoms with van der Waals surface area (Å²) in [6.45, 7) is 4.20. The maximum Gasteiger partial charge on any atom is 0.409 e. The number of anilines is 1. The molecular formula is C12H18N4O3. The zero-order valence-electron chi connectivity index (χ0n) is 11.1. The average molecular weight is 266 g/mol. The van der Waals surface area contributed by atoms with E-state index in [1.165, 1.54) is 7.11 Å². The molecule has 1 aliphatic rings. The number of rotatable bonds is 2. The number of aliphatic hydroxyl groups excluding tert-OH is 1. The van der Waals surface area contributed by atoms with Crippen molar-refractivity contribution < 1.29 is 14.6 Å². The highest BCUT2D eigenvalue weighted by atomic mass is 16.5. The maximum atomic E-state index is 11.4. The number of ether oxygens (including phenoxy) is 1. The fourth-order valence-electron chi connectivity index (χ4n) is 1.99. The molecule has 1 aromatic heterocycles. The molecule has 1 fully saturated rings. The Hall–Kier alpha value is -1.89. The number of aliphatic hydroxyl groups is 1. The Labute approximate surface area is 111 Å². The number of amides is 1. The summed E-state index contributed by atoms with van der Waals surface area (Å²) >= 11 is 0. The van der Waals surface area contributed by atoms with Gasteiger partial charge in [0.25, 0.3) is 0 Å². The van der Waals surface area contributed by atoms with E-state index in [2.05, 4.69) is 14.9 Å². The second kappa shape index (κ2) is 5.83. The largest absolute Gasteiger partial charge is 0.453 e. The molecule has 0 aromatic carbocycles. The monoisotopic (exact) mass is 266 g/mol. The van der Waals surface area contributed by atoms with E-state index >= 15 is 0 Å². The van der Waals surface area contributed by atoms with E-state index in [0.29, 0.717) is 32.0 Å². The van der Waals surface area contributed by atoms with Gasteiger partial charge in [-0.15, -0.1) is 0 Å². The van der Waals surface area contributed by atoms with Crippen molar-refractivity contribution in [1.29, 1.82) is 0 Å². The van der Waals surface area contributed by atoms with E-state index in [-0.39, 0.29) is 6.09 Å². The van der Waals surface area contributed by atoms with Crippen LogP contribution in [-0.4, -0.2) is 59.4 Å². The first-order chi connectivity index (χ1) is 9.11. The molecule has 1 N–H and O–H groups in total. The normalized spacial score (nSPS) is 17.2. The third-order valence-corrected chi connectivity index (χ3v) is 3.07. The van der Waals surface area contributed by atoms with Gasteiger partial charge in [-0.25, -0.2) is 14.8 Å². The molecule has 2 rings (SSSR count). The second-order valence-electron chi connectivity index (χ2n) is 4.39. The Bertz CT molecular complexity index is 444. The van der Waals surface area contributed by atoms with Crippen LogP contribution in [0.2, 0.25) is 0 Å². The van der Waals surface area contributed by atoms with Crippen molar-refractivity contribution in [2.75, 3.05) is 38.2 Å². The third-order valence-electron chi connectivity index (χ3n) is 3.07. The molecule has 0 spiro atoms. The van der Waals surface area contributed by atoms with E-state index in [9.17, 15) is 9.90 Å². The number of hydrogen-bond donors (Lipinski definition) is 1. The van der Waals surface area contributed by atoms with E-state index < -0.39 is 6.10 Å². The summed E-state index contributed by atoms with van der Waals surface area (Å²) in [6, 6.07) is 1.81. The Balaban J connectivity index is 2.01. The molecule has 1 atom stereocenters. The van der Waals surface area contributed by atoms with Crippen molar-refractivity contribution in [3.63, 3.8) is 0 Å². The minimum absolute atomic E-state index is 0.299. The number of hydrogen-bond acceptors (Lipinski definition) is 6. The number of nitrogens with zero attached hydrogens (tertiary/aromatic N) is 4. The van der Waals surface area contributed by atoms with E-state index in [1.54, 1.807) is 24.1 Å². The molecule has 0 radical (unpaired) electrons. The number of carbonyl (C=O) groups is 1. The zero-order chi connectivity index (χ0) is 13.8. The predicted octanol–water partition coefficient (Wildman–Crippen LogP) is 0.418. The highest BCUT2D eigenvalue weighted by molar-refractivity contribution is 5.67. The molecule has 1 amide bonds. The number of piperazine rings is 1. The van der Waals surface area contributed by atoms with Gasteiger partial charge < -0.3 is 19.6 Å². The summed E-state index contributed by atoms with van der Waals surface area (Å²) in [5.74, 6) is 1.18. The highest BCUT2D eigenvalue weighted by Crippen LogP contribution is 2.15. The summed E-state index contributed by atoms with van der Waals surface area (Å²) in [4.78, 5) is 23.4. The van der Waals surface area contributed by atoms with Gasteiger partial charge in [0.1, 0.15) is 11.9 Å². The summed E-state index contributed by atoms with van der Waals surface area (Å²) in [6.07, 6.45) is 0.653. The lowest BCUT2D eigenvalue weighted by molar-refractivity contribution is 0.121. The van der Waals surface area contributed by atoms with Gasteiger partial charge in [-0.3, -0.25) is 0 Å². The molecule has 1 aliphatic heterocycles. The van der Waals surface area contributed by atoms with Gasteiger partial charge in [0.2, 0.25) is 0 Å². The number of aromatic nitrogens is 2. The molecule has 7 nitrogen and oxygen atoms in total. The van der Waals surface area contributed by atoms with Crippen molar-refractivity contribution in [1.82, 2.24) is 14.9 Å². The van der Waals surface area contributed by atoms with Crippen molar-refractivity contribution in [3.8, 4) is 0 Å². The van der Waals surface area contributed by atoms with Crippen LogP contribution in [0.5, 0.6) is 0 Å². The minimum atomic E-state index is -0.684. The molecule has 1 aromatic rings. The van der Waals surface area contributed by atoms with Gasteiger partial charge >= 0.3 is 6.09 Å². The molecule has 1 saturated heterocycles. The van der Waals surface area contributed by atoms with Crippen LogP contribution in [-0.2, 0) is 4.74 Å². The highest BCUT2D eigenvalue weighted by Gasteiger charge is 2.22. The average Bonchev–Trinajstić information content (AvgIpc) is 2.46. The summed E-state index contributed by atoms with van der Waals surface area (Å²) in [7, 11) is 1.38. The van der Waals surface area contributed by atoms with Gasteiger partial charge in [0, 0.05) is 32.4 Å². The SMILES string of the molecule is COC(=O)N1CCN(c2ccnc(C(C)O)n2)CC1. The Morgan fingerprint density at radius 2 is 2.11 bits per heavy atom. The predicted molar refractivity (Wildman–Crippen MR) is 68.9 cm³/mol. The second-order valence-corrected chi connectivity index (χ2v) is 4.39. The molecule has 2 heterocycles. The molecule has 104 valence electrons. The van der Waals surface area contributed by atoms with Crippen molar-refractivity contribution in [2.45, 2.75) is 13.0 Å². The van der Waals surface area contributed by atoms with Gasteiger partial charge in [-0.2, -0.15) is 0 Å². The van der Waals surface area contributed by atoms with Crippen LogP contribution in [0.15, 0.2) is 12.3 Å². The molecule has 0 saturated carbocycles. The van der Waals surface area contributed by atoms with Crippen molar-refractivity contribution in [2.24, 2.45) is 0 Å². The van der Waals surface area contributed by atoms with Crippen LogP contribution >= 0.6 is 0 Å².